The van der Waals surface area contributed by atoms with Crippen LogP contribution in [0.25, 0.3) is 11.1 Å². The lowest BCUT2D eigenvalue weighted by Crippen LogP contribution is -2.17. The Balaban J connectivity index is 2.47. The molecule has 0 aromatic heterocycles. The summed E-state index contributed by atoms with van der Waals surface area (Å²) in [5, 5.41) is 9.10. The molecule has 3 nitrogen and oxygen atoms in total. The standard InChI is InChI=1S/C15H10F3NO2/c1-20-12-6-5-11(9-19)14(8-12)10-3-2-4-13(7-10)21-15(16,17)18/h2-8H,1H3. The highest BCUT2D eigenvalue weighted by Gasteiger charge is 2.31. The molecule has 2 aromatic rings. The van der Waals surface area contributed by atoms with E-state index >= 15 is 0 Å². The Morgan fingerprint density at radius 1 is 1.05 bits per heavy atom. The van der Waals surface area contributed by atoms with Gasteiger partial charge < -0.3 is 9.47 Å². The number of alkyl halides is 3. The van der Waals surface area contributed by atoms with Gasteiger partial charge in [-0.15, -0.1) is 13.2 Å². The Labute approximate surface area is 119 Å². The Kier molecular flexibility index (Phi) is 4.03. The number of hydrogen-bond donors (Lipinski definition) is 0. The molecule has 2 rings (SSSR count). The number of nitrogens with zero attached hydrogens (tertiary/aromatic N) is 1. The molecule has 0 atom stereocenters. The Hall–Kier alpha value is -2.68. The van der Waals surface area contributed by atoms with E-state index in [1.54, 1.807) is 24.3 Å². The number of rotatable bonds is 3. The van der Waals surface area contributed by atoms with Crippen LogP contribution in [0.3, 0.4) is 0 Å². The summed E-state index contributed by atoms with van der Waals surface area (Å²) in [5.74, 6) is 0.165. The molecule has 0 aliphatic carbocycles. The number of benzene rings is 2. The maximum atomic E-state index is 12.2. The van der Waals surface area contributed by atoms with E-state index in [-0.39, 0.29) is 5.75 Å². The van der Waals surface area contributed by atoms with Crippen molar-refractivity contribution in [2.75, 3.05) is 7.11 Å². The quantitative estimate of drug-likeness (QED) is 0.854. The van der Waals surface area contributed by atoms with Crippen LogP contribution in [-0.4, -0.2) is 13.5 Å². The fourth-order valence-electron chi connectivity index (χ4n) is 1.85. The van der Waals surface area contributed by atoms with Crippen LogP contribution in [0.15, 0.2) is 42.5 Å². The van der Waals surface area contributed by atoms with Gasteiger partial charge in [-0.05, 0) is 35.9 Å². The van der Waals surface area contributed by atoms with Crippen molar-refractivity contribution in [3.8, 4) is 28.7 Å². The van der Waals surface area contributed by atoms with E-state index in [0.29, 0.717) is 22.4 Å². The molecule has 0 saturated heterocycles. The molecule has 108 valence electrons. The van der Waals surface area contributed by atoms with Gasteiger partial charge in [-0.2, -0.15) is 5.26 Å². The molecular formula is C15H10F3NO2. The smallest absolute Gasteiger partial charge is 0.497 e. The average Bonchev–Trinajstić information content (AvgIpc) is 2.45. The molecule has 0 spiro atoms. The van der Waals surface area contributed by atoms with Crippen LogP contribution in [0.2, 0.25) is 0 Å². The van der Waals surface area contributed by atoms with Crippen LogP contribution in [0, 0.1) is 11.3 Å². The highest BCUT2D eigenvalue weighted by atomic mass is 19.4. The van der Waals surface area contributed by atoms with E-state index in [4.69, 9.17) is 10.00 Å². The van der Waals surface area contributed by atoms with Crippen LogP contribution >= 0.6 is 0 Å². The van der Waals surface area contributed by atoms with Crippen molar-refractivity contribution < 1.29 is 22.6 Å². The third-order valence-corrected chi connectivity index (χ3v) is 2.73. The molecule has 0 saturated carbocycles. The summed E-state index contributed by atoms with van der Waals surface area (Å²) < 4.78 is 45.7. The van der Waals surface area contributed by atoms with Gasteiger partial charge in [0.05, 0.1) is 18.7 Å². The lowest BCUT2D eigenvalue weighted by atomic mass is 10.00. The van der Waals surface area contributed by atoms with Gasteiger partial charge in [-0.25, -0.2) is 0 Å². The lowest BCUT2D eigenvalue weighted by molar-refractivity contribution is -0.274. The fraction of sp³-hybridized carbons (Fsp3) is 0.133. The Bertz CT molecular complexity index is 690. The Morgan fingerprint density at radius 2 is 1.81 bits per heavy atom. The van der Waals surface area contributed by atoms with Gasteiger partial charge in [-0.1, -0.05) is 12.1 Å². The molecule has 0 N–H and O–H groups in total. The molecule has 0 aliphatic rings. The van der Waals surface area contributed by atoms with Gasteiger partial charge in [0.15, 0.2) is 0 Å². The SMILES string of the molecule is COc1ccc(C#N)c(-c2cccc(OC(F)(F)F)c2)c1. The molecule has 0 bridgehead atoms. The minimum atomic E-state index is -4.76. The highest BCUT2D eigenvalue weighted by Crippen LogP contribution is 2.31. The summed E-state index contributed by atoms with van der Waals surface area (Å²) in [7, 11) is 1.47. The van der Waals surface area contributed by atoms with Crippen molar-refractivity contribution in [2.24, 2.45) is 0 Å². The summed E-state index contributed by atoms with van der Waals surface area (Å²) in [6.07, 6.45) is -4.76. The van der Waals surface area contributed by atoms with Gasteiger partial charge in [-0.3, -0.25) is 0 Å². The van der Waals surface area contributed by atoms with E-state index in [1.807, 2.05) is 6.07 Å². The molecule has 21 heavy (non-hydrogen) atoms. The molecule has 0 aliphatic heterocycles. The second kappa shape index (κ2) is 5.75. The first-order chi connectivity index (χ1) is 9.93. The van der Waals surface area contributed by atoms with Crippen molar-refractivity contribution in [1.29, 1.82) is 5.26 Å². The largest absolute Gasteiger partial charge is 0.573 e. The van der Waals surface area contributed by atoms with Gasteiger partial charge >= 0.3 is 6.36 Å². The number of nitriles is 1. The first-order valence-electron chi connectivity index (χ1n) is 5.87. The summed E-state index contributed by atoms with van der Waals surface area (Å²) in [6.45, 7) is 0. The van der Waals surface area contributed by atoms with Gasteiger partial charge in [0, 0.05) is 5.56 Å². The van der Waals surface area contributed by atoms with Gasteiger partial charge in [0.25, 0.3) is 0 Å². The van der Waals surface area contributed by atoms with Crippen molar-refractivity contribution in [2.45, 2.75) is 6.36 Å². The van der Waals surface area contributed by atoms with E-state index in [1.165, 1.54) is 25.3 Å². The fourth-order valence-corrected chi connectivity index (χ4v) is 1.85. The van der Waals surface area contributed by atoms with Gasteiger partial charge in [0.2, 0.25) is 0 Å². The zero-order valence-corrected chi connectivity index (χ0v) is 10.9. The third kappa shape index (κ3) is 3.66. The minimum Gasteiger partial charge on any atom is -0.497 e. The second-order valence-electron chi connectivity index (χ2n) is 4.10. The lowest BCUT2D eigenvalue weighted by Gasteiger charge is -2.11. The summed E-state index contributed by atoms with van der Waals surface area (Å²) in [6, 6.07) is 12.2. The van der Waals surface area contributed by atoms with Crippen molar-refractivity contribution >= 4 is 0 Å². The third-order valence-electron chi connectivity index (χ3n) is 2.73. The average molecular weight is 293 g/mol. The number of methoxy groups -OCH3 is 1. The maximum Gasteiger partial charge on any atom is 0.573 e. The topological polar surface area (TPSA) is 42.2 Å². The highest BCUT2D eigenvalue weighted by molar-refractivity contribution is 5.73. The number of ether oxygens (including phenoxy) is 2. The van der Waals surface area contributed by atoms with Crippen molar-refractivity contribution in [3.63, 3.8) is 0 Å². The molecule has 0 radical (unpaired) electrons. The second-order valence-corrected chi connectivity index (χ2v) is 4.10. The molecular weight excluding hydrogens is 283 g/mol. The van der Waals surface area contributed by atoms with E-state index in [0.717, 1.165) is 0 Å². The van der Waals surface area contributed by atoms with Gasteiger partial charge in [0.1, 0.15) is 11.5 Å². The van der Waals surface area contributed by atoms with E-state index in [2.05, 4.69) is 4.74 Å². The monoisotopic (exact) mass is 293 g/mol. The Morgan fingerprint density at radius 3 is 2.43 bits per heavy atom. The van der Waals surface area contributed by atoms with Crippen LogP contribution < -0.4 is 9.47 Å². The molecule has 6 heteroatoms. The minimum absolute atomic E-state index is 0.333. The number of halogens is 3. The normalized spacial score (nSPS) is 10.8. The predicted octanol–water partition coefficient (Wildman–Crippen LogP) is 4.13. The zero-order valence-electron chi connectivity index (χ0n) is 10.9. The molecule has 2 aromatic carbocycles. The van der Waals surface area contributed by atoms with Crippen molar-refractivity contribution in [1.82, 2.24) is 0 Å². The maximum absolute atomic E-state index is 12.2. The summed E-state index contributed by atoms with van der Waals surface area (Å²) in [5.41, 5.74) is 1.25. The van der Waals surface area contributed by atoms with E-state index < -0.39 is 6.36 Å². The van der Waals surface area contributed by atoms with Crippen LogP contribution in [0.1, 0.15) is 5.56 Å². The van der Waals surface area contributed by atoms with Crippen LogP contribution in [-0.2, 0) is 0 Å². The van der Waals surface area contributed by atoms with Crippen molar-refractivity contribution in [3.05, 3.63) is 48.0 Å². The molecule has 0 fully saturated rings. The number of hydrogen-bond acceptors (Lipinski definition) is 3. The molecule has 0 heterocycles. The first kappa shape index (κ1) is 14.7. The summed E-state index contributed by atoms with van der Waals surface area (Å²) in [4.78, 5) is 0. The predicted molar refractivity (Wildman–Crippen MR) is 69.8 cm³/mol. The molecule has 0 amide bonds. The molecule has 0 unspecified atom stereocenters. The first-order valence-corrected chi connectivity index (χ1v) is 5.87. The van der Waals surface area contributed by atoms with Crippen LogP contribution in [0.5, 0.6) is 11.5 Å². The zero-order chi connectivity index (χ0) is 15.5. The summed E-state index contributed by atoms with van der Waals surface area (Å²) >= 11 is 0. The van der Waals surface area contributed by atoms with Crippen LogP contribution in [0.4, 0.5) is 13.2 Å². The van der Waals surface area contributed by atoms with E-state index in [9.17, 15) is 13.2 Å².